The van der Waals surface area contributed by atoms with Gasteiger partial charge in [0.25, 0.3) is 10.0 Å². The molecule has 2 aromatic carbocycles. The Balaban J connectivity index is 2.14. The molecule has 9 heteroatoms. The molecular formula is C17H16BrFN2O3S2. The normalized spacial score (nSPS) is 12.8. The largest absolute Gasteiger partial charge is 0.380 e. The van der Waals surface area contributed by atoms with Crippen molar-refractivity contribution < 1.29 is 17.5 Å². The molecule has 1 heterocycles. The van der Waals surface area contributed by atoms with Crippen molar-refractivity contribution in [3.05, 3.63) is 57.6 Å². The van der Waals surface area contributed by atoms with E-state index in [4.69, 9.17) is 4.74 Å². The second-order valence-electron chi connectivity index (χ2n) is 5.37. The lowest BCUT2D eigenvalue weighted by Gasteiger charge is -2.05. The average Bonchev–Trinajstić information content (AvgIpc) is 2.91. The van der Waals surface area contributed by atoms with Crippen LogP contribution < -0.4 is 4.80 Å². The van der Waals surface area contributed by atoms with Crippen molar-refractivity contribution in [3.8, 4) is 0 Å². The topological polar surface area (TPSA) is 60.7 Å². The van der Waals surface area contributed by atoms with Crippen LogP contribution in [-0.4, -0.2) is 26.2 Å². The maximum absolute atomic E-state index is 13.1. The van der Waals surface area contributed by atoms with Crippen LogP contribution in [0.5, 0.6) is 0 Å². The summed E-state index contributed by atoms with van der Waals surface area (Å²) in [4.78, 5) is 0.302. The van der Waals surface area contributed by atoms with Gasteiger partial charge in [-0.2, -0.15) is 8.42 Å². The molecule has 0 bridgehead atoms. The van der Waals surface area contributed by atoms with Crippen LogP contribution in [0.4, 0.5) is 4.39 Å². The summed E-state index contributed by atoms with van der Waals surface area (Å²) < 4.78 is 51.3. The van der Waals surface area contributed by atoms with Gasteiger partial charge in [0.15, 0.2) is 0 Å². The molecule has 0 fully saturated rings. The van der Waals surface area contributed by atoms with Gasteiger partial charge in [-0.1, -0.05) is 27.3 Å². The molecule has 138 valence electrons. The van der Waals surface area contributed by atoms with Crippen LogP contribution in [0.3, 0.4) is 0 Å². The molecule has 0 aliphatic carbocycles. The number of rotatable bonds is 6. The van der Waals surface area contributed by atoms with Gasteiger partial charge in [-0.25, -0.2) is 4.39 Å². The summed E-state index contributed by atoms with van der Waals surface area (Å²) >= 11 is 4.70. The number of nitrogens with zero attached hydrogens (tertiary/aromatic N) is 2. The molecule has 0 spiro atoms. The monoisotopic (exact) mass is 458 g/mol. The van der Waals surface area contributed by atoms with Gasteiger partial charge in [-0.3, -0.25) is 0 Å². The summed E-state index contributed by atoms with van der Waals surface area (Å²) in [6.07, 6.45) is 0. The fraction of sp³-hybridized carbons (Fsp3) is 0.235. The Morgan fingerprint density at radius 2 is 1.96 bits per heavy atom. The van der Waals surface area contributed by atoms with Crippen LogP contribution >= 0.6 is 27.3 Å². The Morgan fingerprint density at radius 1 is 1.23 bits per heavy atom. The lowest BCUT2D eigenvalue weighted by molar-refractivity contribution is 0.139. The van der Waals surface area contributed by atoms with Crippen LogP contribution in [0.15, 0.2) is 56.2 Å². The molecule has 0 aliphatic heterocycles. The molecule has 0 amide bonds. The van der Waals surface area contributed by atoms with Gasteiger partial charge in [-0.15, -0.1) is 4.40 Å². The summed E-state index contributed by atoms with van der Waals surface area (Å²) in [7, 11) is -3.95. The third-order valence-electron chi connectivity index (χ3n) is 3.62. The van der Waals surface area contributed by atoms with Gasteiger partial charge >= 0.3 is 0 Å². The highest BCUT2D eigenvalue weighted by Crippen LogP contribution is 2.23. The molecule has 0 N–H and O–H groups in total. The van der Waals surface area contributed by atoms with Crippen LogP contribution in [-0.2, 0) is 21.3 Å². The van der Waals surface area contributed by atoms with Crippen LogP contribution in [0.2, 0.25) is 0 Å². The van der Waals surface area contributed by atoms with E-state index in [0.717, 1.165) is 26.8 Å². The van der Waals surface area contributed by atoms with Crippen LogP contribution in [0.25, 0.3) is 10.2 Å². The van der Waals surface area contributed by atoms with Gasteiger partial charge in [0.1, 0.15) is 5.82 Å². The van der Waals surface area contributed by atoms with E-state index in [2.05, 4.69) is 20.3 Å². The van der Waals surface area contributed by atoms with Gasteiger partial charge in [-0.05, 0) is 49.4 Å². The molecule has 0 saturated carbocycles. The zero-order valence-electron chi connectivity index (χ0n) is 13.9. The number of hydrogen-bond acceptors (Lipinski definition) is 4. The summed E-state index contributed by atoms with van der Waals surface area (Å²) in [5, 5.41) is 0. The van der Waals surface area contributed by atoms with Crippen molar-refractivity contribution in [2.24, 2.45) is 4.40 Å². The first-order valence-corrected chi connectivity index (χ1v) is 10.9. The van der Waals surface area contributed by atoms with E-state index in [1.807, 2.05) is 29.7 Å². The molecule has 0 atom stereocenters. The number of benzene rings is 2. The number of sulfonamides is 1. The van der Waals surface area contributed by atoms with Gasteiger partial charge in [0, 0.05) is 17.6 Å². The number of hydrogen-bond donors (Lipinski definition) is 0. The summed E-state index contributed by atoms with van der Waals surface area (Å²) in [6, 6.07) is 10.4. The van der Waals surface area contributed by atoms with Crippen molar-refractivity contribution >= 4 is 47.5 Å². The highest BCUT2D eigenvalue weighted by Gasteiger charge is 2.15. The quantitative estimate of drug-likeness (QED) is 0.525. The second kappa shape index (κ2) is 7.99. The minimum Gasteiger partial charge on any atom is -0.380 e. The molecule has 26 heavy (non-hydrogen) atoms. The second-order valence-corrected chi connectivity index (χ2v) is 8.89. The highest BCUT2D eigenvalue weighted by molar-refractivity contribution is 9.10. The van der Waals surface area contributed by atoms with Crippen LogP contribution in [0.1, 0.15) is 6.92 Å². The SMILES string of the molecule is CCOCCn1/c(=N/S(=O)(=O)c2ccc(F)cc2)sc2cc(Br)ccc21. The molecule has 0 unspecified atom stereocenters. The van der Waals surface area contributed by atoms with E-state index < -0.39 is 15.8 Å². The highest BCUT2D eigenvalue weighted by atomic mass is 79.9. The maximum Gasteiger partial charge on any atom is 0.285 e. The van der Waals surface area contributed by atoms with Crippen molar-refractivity contribution in [2.75, 3.05) is 13.2 Å². The summed E-state index contributed by atoms with van der Waals surface area (Å²) in [6.45, 7) is 3.40. The zero-order chi connectivity index (χ0) is 18.7. The lowest BCUT2D eigenvalue weighted by atomic mass is 10.3. The third kappa shape index (κ3) is 4.22. The lowest BCUT2D eigenvalue weighted by Crippen LogP contribution is -2.19. The Labute approximate surface area is 163 Å². The van der Waals surface area contributed by atoms with Crippen molar-refractivity contribution in [2.45, 2.75) is 18.4 Å². The molecule has 0 aliphatic rings. The summed E-state index contributed by atoms with van der Waals surface area (Å²) in [5.41, 5.74) is 0.881. The molecule has 0 saturated heterocycles. The number of ether oxygens (including phenoxy) is 1. The van der Waals surface area contributed by atoms with Crippen molar-refractivity contribution in [1.82, 2.24) is 4.57 Å². The molecule has 3 rings (SSSR count). The number of thiazole rings is 1. The minimum atomic E-state index is -3.95. The predicted octanol–water partition coefficient (Wildman–Crippen LogP) is 3.93. The fourth-order valence-corrected chi connectivity index (χ4v) is 5.21. The number of halogens is 2. The Hall–Kier alpha value is -1.55. The van der Waals surface area contributed by atoms with E-state index in [1.54, 1.807) is 0 Å². The van der Waals surface area contributed by atoms with E-state index in [-0.39, 0.29) is 4.90 Å². The third-order valence-corrected chi connectivity index (χ3v) is 6.55. The average molecular weight is 459 g/mol. The molecule has 3 aromatic rings. The van der Waals surface area contributed by atoms with Crippen LogP contribution in [0, 0.1) is 5.82 Å². The predicted molar refractivity (Wildman–Crippen MR) is 103 cm³/mol. The number of aromatic nitrogens is 1. The Bertz CT molecular complexity index is 1090. The van der Waals surface area contributed by atoms with Gasteiger partial charge in [0.2, 0.25) is 4.80 Å². The van der Waals surface area contributed by atoms with E-state index >= 15 is 0 Å². The summed E-state index contributed by atoms with van der Waals surface area (Å²) in [5.74, 6) is -0.498. The Morgan fingerprint density at radius 3 is 2.65 bits per heavy atom. The van der Waals surface area contributed by atoms with Gasteiger partial charge in [0.05, 0.1) is 21.7 Å². The molecule has 1 aromatic heterocycles. The standard InChI is InChI=1S/C17H16BrFN2O3S2/c1-2-24-10-9-21-15-8-3-12(18)11-16(15)25-17(21)20-26(22,23)14-6-4-13(19)5-7-14/h3-8,11H,2,9-10H2,1H3/b20-17-. The van der Waals surface area contributed by atoms with E-state index in [9.17, 15) is 12.8 Å². The first-order valence-electron chi connectivity index (χ1n) is 7.84. The fourth-order valence-electron chi connectivity index (χ4n) is 2.40. The van der Waals surface area contributed by atoms with E-state index in [0.29, 0.717) is 24.6 Å². The number of fused-ring (bicyclic) bond motifs is 1. The first-order chi connectivity index (χ1) is 12.4. The maximum atomic E-state index is 13.1. The van der Waals surface area contributed by atoms with Gasteiger partial charge < -0.3 is 9.30 Å². The zero-order valence-corrected chi connectivity index (χ0v) is 17.1. The van der Waals surface area contributed by atoms with Crippen molar-refractivity contribution in [3.63, 3.8) is 0 Å². The molecule has 5 nitrogen and oxygen atoms in total. The molecular weight excluding hydrogens is 443 g/mol. The van der Waals surface area contributed by atoms with Crippen molar-refractivity contribution in [1.29, 1.82) is 0 Å². The smallest absolute Gasteiger partial charge is 0.285 e. The minimum absolute atomic E-state index is 0.0473. The Kier molecular flexibility index (Phi) is 5.91. The first kappa shape index (κ1) is 19.2. The van der Waals surface area contributed by atoms with E-state index in [1.165, 1.54) is 23.5 Å². The molecule has 0 radical (unpaired) electrons.